The molecule has 0 aliphatic rings. The Morgan fingerprint density at radius 1 is 1.14 bits per heavy atom. The number of carboxylic acids is 1. The lowest BCUT2D eigenvalue weighted by Crippen LogP contribution is -2.31. The molecular weight excluding hydrogens is 298 g/mol. The summed E-state index contributed by atoms with van der Waals surface area (Å²) in [6, 6.07) is -1.20. The predicted octanol–water partition coefficient (Wildman–Crippen LogP) is 1.41. The van der Waals surface area contributed by atoms with Gasteiger partial charge in [-0.2, -0.15) is 8.42 Å². The van der Waals surface area contributed by atoms with E-state index in [4.69, 9.17) is 10.8 Å². The van der Waals surface area contributed by atoms with Gasteiger partial charge in [-0.3, -0.25) is 9.59 Å². The first-order chi connectivity index (χ1) is 9.78. The minimum Gasteiger partial charge on any atom is -0.480 e. The summed E-state index contributed by atoms with van der Waals surface area (Å²) in [7, 11) is -3.88. The molecule has 0 bridgehead atoms. The van der Waals surface area contributed by atoms with E-state index in [0.717, 1.165) is 32.1 Å². The summed E-state index contributed by atoms with van der Waals surface area (Å²) in [5.41, 5.74) is 5.21. The molecule has 0 aromatic heterocycles. The van der Waals surface area contributed by atoms with Crippen molar-refractivity contribution in [3.8, 4) is 0 Å². The normalized spacial score (nSPS) is 12.9. The fraction of sp³-hybridized carbons (Fsp3) is 0.846. The largest absolute Gasteiger partial charge is 0.480 e. The van der Waals surface area contributed by atoms with Crippen molar-refractivity contribution in [1.29, 1.82) is 0 Å². The molecule has 21 heavy (non-hydrogen) atoms. The second-order valence-electron chi connectivity index (χ2n) is 4.97. The van der Waals surface area contributed by atoms with Crippen LogP contribution in [0.3, 0.4) is 0 Å². The second kappa shape index (κ2) is 10.6. The van der Waals surface area contributed by atoms with Crippen LogP contribution in [-0.4, -0.2) is 37.3 Å². The standard InChI is InChI=1S/C13H25NO6S/c1-2-3-4-5-6-7-10-21(18,19)20-12(15)9-8-11(14)13(16)17/h11H,2-10,14H2,1H3,(H,16,17)/t11-/m0/s1. The van der Waals surface area contributed by atoms with Crippen LogP contribution in [0.25, 0.3) is 0 Å². The molecule has 0 radical (unpaired) electrons. The van der Waals surface area contributed by atoms with Crippen LogP contribution in [0.15, 0.2) is 0 Å². The van der Waals surface area contributed by atoms with Crippen LogP contribution in [0.4, 0.5) is 0 Å². The molecule has 0 aromatic rings. The molecule has 0 saturated carbocycles. The van der Waals surface area contributed by atoms with E-state index in [9.17, 15) is 18.0 Å². The highest BCUT2D eigenvalue weighted by Crippen LogP contribution is 2.08. The van der Waals surface area contributed by atoms with Gasteiger partial charge in [0.1, 0.15) is 6.04 Å². The number of hydrogen-bond donors (Lipinski definition) is 2. The number of carbonyl (C=O) groups excluding carboxylic acids is 1. The Morgan fingerprint density at radius 2 is 1.71 bits per heavy atom. The minimum atomic E-state index is -3.88. The number of hydrogen-bond acceptors (Lipinski definition) is 6. The number of rotatable bonds is 12. The Kier molecular flexibility index (Phi) is 9.98. The highest BCUT2D eigenvalue weighted by molar-refractivity contribution is 7.87. The van der Waals surface area contributed by atoms with Crippen LogP contribution in [0, 0.1) is 0 Å². The van der Waals surface area contributed by atoms with Gasteiger partial charge in [-0.05, 0) is 12.8 Å². The summed E-state index contributed by atoms with van der Waals surface area (Å²) >= 11 is 0. The molecule has 0 fully saturated rings. The van der Waals surface area contributed by atoms with Gasteiger partial charge in [0, 0.05) is 6.42 Å². The van der Waals surface area contributed by atoms with Gasteiger partial charge in [0.15, 0.2) is 0 Å². The lowest BCUT2D eigenvalue weighted by molar-refractivity contribution is -0.139. The fourth-order valence-corrected chi connectivity index (χ4v) is 2.69. The predicted molar refractivity (Wildman–Crippen MR) is 78.1 cm³/mol. The molecule has 0 heterocycles. The molecular formula is C13H25NO6S. The maximum Gasteiger partial charge on any atom is 0.322 e. The van der Waals surface area contributed by atoms with E-state index < -0.39 is 28.1 Å². The number of aliphatic carboxylic acids is 1. The Hall–Kier alpha value is -1.15. The van der Waals surface area contributed by atoms with Gasteiger partial charge in [-0.25, -0.2) is 0 Å². The van der Waals surface area contributed by atoms with Crippen LogP contribution >= 0.6 is 0 Å². The number of carbonyl (C=O) groups is 2. The third kappa shape index (κ3) is 11.2. The number of unbranched alkanes of at least 4 members (excludes halogenated alkanes) is 5. The van der Waals surface area contributed by atoms with E-state index >= 15 is 0 Å². The zero-order chi connectivity index (χ0) is 16.3. The van der Waals surface area contributed by atoms with Crippen LogP contribution < -0.4 is 5.73 Å². The zero-order valence-corrected chi connectivity index (χ0v) is 13.2. The van der Waals surface area contributed by atoms with Crippen LogP contribution in [0.2, 0.25) is 0 Å². The summed E-state index contributed by atoms with van der Waals surface area (Å²) in [4.78, 5) is 21.8. The SMILES string of the molecule is CCCCCCCCS(=O)(=O)OC(=O)CC[C@H](N)C(=O)O. The van der Waals surface area contributed by atoms with E-state index in [2.05, 4.69) is 11.1 Å². The highest BCUT2D eigenvalue weighted by atomic mass is 32.2. The maximum absolute atomic E-state index is 11.5. The van der Waals surface area contributed by atoms with Crippen molar-refractivity contribution in [2.24, 2.45) is 5.73 Å². The van der Waals surface area contributed by atoms with E-state index in [-0.39, 0.29) is 18.6 Å². The summed E-state index contributed by atoms with van der Waals surface area (Å²) < 4.78 is 27.4. The van der Waals surface area contributed by atoms with Crippen molar-refractivity contribution in [1.82, 2.24) is 0 Å². The van der Waals surface area contributed by atoms with E-state index in [0.29, 0.717) is 6.42 Å². The van der Waals surface area contributed by atoms with Crippen LogP contribution in [-0.2, 0) is 23.9 Å². The van der Waals surface area contributed by atoms with E-state index in [1.54, 1.807) is 0 Å². The topological polar surface area (TPSA) is 124 Å². The second-order valence-corrected chi connectivity index (χ2v) is 6.66. The summed E-state index contributed by atoms with van der Waals surface area (Å²) in [6.45, 7) is 2.10. The molecule has 0 rings (SSSR count). The first-order valence-electron chi connectivity index (χ1n) is 7.22. The van der Waals surface area contributed by atoms with Crippen molar-refractivity contribution in [3.05, 3.63) is 0 Å². The lowest BCUT2D eigenvalue weighted by atomic mass is 10.1. The molecule has 0 spiro atoms. The third-order valence-electron chi connectivity index (χ3n) is 2.94. The lowest BCUT2D eigenvalue weighted by Gasteiger charge is -2.07. The quantitative estimate of drug-likeness (QED) is 0.411. The molecule has 1 atom stereocenters. The minimum absolute atomic E-state index is 0.152. The van der Waals surface area contributed by atoms with Gasteiger partial charge in [-0.15, -0.1) is 0 Å². The highest BCUT2D eigenvalue weighted by Gasteiger charge is 2.19. The van der Waals surface area contributed by atoms with E-state index in [1.807, 2.05) is 0 Å². The Morgan fingerprint density at radius 3 is 2.29 bits per heavy atom. The molecule has 8 heteroatoms. The molecule has 3 N–H and O–H groups in total. The Labute approximate surface area is 126 Å². The molecule has 0 aromatic carbocycles. The molecule has 0 aliphatic carbocycles. The Balaban J connectivity index is 3.89. The smallest absolute Gasteiger partial charge is 0.322 e. The molecule has 124 valence electrons. The number of nitrogens with two attached hydrogens (primary N) is 1. The number of carboxylic acid groups (broad SMARTS) is 1. The summed E-state index contributed by atoms with van der Waals surface area (Å²) in [6.07, 6.45) is 5.03. The van der Waals surface area contributed by atoms with Crippen molar-refractivity contribution in [2.75, 3.05) is 5.75 Å². The third-order valence-corrected chi connectivity index (χ3v) is 4.17. The van der Waals surface area contributed by atoms with Crippen molar-refractivity contribution < 1.29 is 27.3 Å². The van der Waals surface area contributed by atoms with E-state index in [1.165, 1.54) is 0 Å². The van der Waals surface area contributed by atoms with Crippen molar-refractivity contribution >= 4 is 22.1 Å². The maximum atomic E-state index is 11.5. The van der Waals surface area contributed by atoms with Gasteiger partial charge < -0.3 is 15.0 Å². The van der Waals surface area contributed by atoms with Gasteiger partial charge in [0.25, 0.3) is 0 Å². The average molecular weight is 323 g/mol. The van der Waals surface area contributed by atoms with Crippen LogP contribution in [0.1, 0.15) is 58.3 Å². The summed E-state index contributed by atoms with van der Waals surface area (Å²) in [5, 5.41) is 8.54. The van der Waals surface area contributed by atoms with Gasteiger partial charge >= 0.3 is 22.1 Å². The van der Waals surface area contributed by atoms with Gasteiger partial charge in [-0.1, -0.05) is 39.0 Å². The fourth-order valence-electron chi connectivity index (χ4n) is 1.68. The van der Waals surface area contributed by atoms with Gasteiger partial charge in [0.05, 0.1) is 5.75 Å². The molecule has 0 unspecified atom stereocenters. The average Bonchev–Trinajstić information content (AvgIpc) is 2.39. The molecule has 0 saturated heterocycles. The van der Waals surface area contributed by atoms with Crippen molar-refractivity contribution in [2.45, 2.75) is 64.3 Å². The Bertz CT molecular complexity index is 420. The molecule has 0 amide bonds. The van der Waals surface area contributed by atoms with Crippen molar-refractivity contribution in [3.63, 3.8) is 0 Å². The van der Waals surface area contributed by atoms with Crippen LogP contribution in [0.5, 0.6) is 0 Å². The first-order valence-corrected chi connectivity index (χ1v) is 8.79. The zero-order valence-electron chi connectivity index (χ0n) is 12.4. The molecule has 7 nitrogen and oxygen atoms in total. The monoisotopic (exact) mass is 323 g/mol. The first kappa shape index (κ1) is 19.9. The molecule has 0 aliphatic heterocycles. The summed E-state index contributed by atoms with van der Waals surface area (Å²) in [5.74, 6) is -2.40. The van der Waals surface area contributed by atoms with Gasteiger partial charge in [0.2, 0.25) is 0 Å².